The lowest BCUT2D eigenvalue weighted by Crippen LogP contribution is -2.40. The predicted octanol–water partition coefficient (Wildman–Crippen LogP) is 3.16. The average Bonchev–Trinajstić information content (AvgIpc) is 2.54. The van der Waals surface area contributed by atoms with Crippen LogP contribution in [0.4, 0.5) is 4.39 Å². The average molecular weight is 232 g/mol. The largest absolute Gasteiger partial charge is 0.352 e. The topological polar surface area (TPSA) is 27.1 Å². The molecule has 0 bridgehead atoms. The van der Waals surface area contributed by atoms with Gasteiger partial charge in [-0.05, 0) is 36.0 Å². The second kappa shape index (κ2) is 3.56. The maximum absolute atomic E-state index is 13.2. The van der Waals surface area contributed by atoms with Crippen LogP contribution in [0.5, 0.6) is 0 Å². The van der Waals surface area contributed by atoms with E-state index < -0.39 is 0 Å². The van der Waals surface area contributed by atoms with Crippen LogP contribution in [0, 0.1) is 16.6 Å². The number of nitrogens with one attached hydrogen (secondary N) is 1. The van der Waals surface area contributed by atoms with Crippen molar-refractivity contribution in [2.45, 2.75) is 32.7 Å². The van der Waals surface area contributed by atoms with Gasteiger partial charge in [0.25, 0.3) is 0 Å². The summed E-state index contributed by atoms with van der Waals surface area (Å²) in [7, 11) is 0. The Morgan fingerprint density at radius 2 is 2.18 bits per heavy atom. The second-order valence-corrected chi connectivity index (χ2v) is 5.67. The third-order valence-corrected chi connectivity index (χ3v) is 4.14. The highest BCUT2D eigenvalue weighted by molar-refractivity contribution is 6.00. The van der Waals surface area contributed by atoms with Gasteiger partial charge < -0.3 is 4.90 Å². The second-order valence-electron chi connectivity index (χ2n) is 5.67. The quantitative estimate of drug-likeness (QED) is 0.833. The molecule has 0 radical (unpaired) electrons. The van der Waals surface area contributed by atoms with Crippen LogP contribution >= 0.6 is 0 Å². The highest BCUT2D eigenvalue weighted by atomic mass is 19.1. The molecule has 1 heterocycles. The molecule has 90 valence electrons. The van der Waals surface area contributed by atoms with E-state index in [4.69, 9.17) is 5.41 Å². The van der Waals surface area contributed by atoms with Gasteiger partial charge in [-0.25, -0.2) is 4.39 Å². The van der Waals surface area contributed by atoms with Crippen molar-refractivity contribution in [3.8, 4) is 0 Å². The lowest BCUT2D eigenvalue weighted by molar-refractivity contribution is 0.118. The molecule has 0 saturated heterocycles. The van der Waals surface area contributed by atoms with Gasteiger partial charge >= 0.3 is 0 Å². The van der Waals surface area contributed by atoms with E-state index in [0.717, 1.165) is 24.2 Å². The summed E-state index contributed by atoms with van der Waals surface area (Å²) in [6.07, 6.45) is 3.81. The molecular weight excluding hydrogens is 215 g/mol. The molecule has 1 aromatic rings. The van der Waals surface area contributed by atoms with Crippen molar-refractivity contribution >= 4 is 5.84 Å². The minimum absolute atomic E-state index is 0.245. The smallest absolute Gasteiger partial charge is 0.128 e. The summed E-state index contributed by atoms with van der Waals surface area (Å²) in [5, 5.41) is 8.12. The van der Waals surface area contributed by atoms with Gasteiger partial charge in [0.1, 0.15) is 11.7 Å². The summed E-state index contributed by atoms with van der Waals surface area (Å²) < 4.78 is 13.2. The fourth-order valence-corrected chi connectivity index (χ4v) is 2.90. The summed E-state index contributed by atoms with van der Waals surface area (Å²) in [5.74, 6) is 0.248. The van der Waals surface area contributed by atoms with Crippen molar-refractivity contribution < 1.29 is 4.39 Å². The number of hydrogen-bond donors (Lipinski definition) is 1. The van der Waals surface area contributed by atoms with E-state index >= 15 is 0 Å². The number of amidine groups is 1. The highest BCUT2D eigenvalue weighted by Crippen LogP contribution is 2.42. The van der Waals surface area contributed by atoms with Gasteiger partial charge in [0, 0.05) is 18.7 Å². The number of nitrogens with zero attached hydrogens (tertiary/aromatic N) is 1. The molecule has 0 atom stereocenters. The lowest BCUT2D eigenvalue weighted by Gasteiger charge is -2.41. The number of rotatable bonds is 2. The molecule has 0 amide bonds. The number of fused-ring (bicyclic) bond motifs is 1. The zero-order valence-corrected chi connectivity index (χ0v) is 10.1. The highest BCUT2D eigenvalue weighted by Gasteiger charge is 2.36. The first-order chi connectivity index (χ1) is 8.07. The Hall–Kier alpha value is -1.38. The van der Waals surface area contributed by atoms with Crippen LogP contribution in [-0.2, 0) is 6.54 Å². The van der Waals surface area contributed by atoms with Gasteiger partial charge in [-0.1, -0.05) is 19.4 Å². The molecule has 1 N–H and O–H groups in total. The van der Waals surface area contributed by atoms with Gasteiger partial charge in [-0.2, -0.15) is 0 Å². The minimum Gasteiger partial charge on any atom is -0.352 e. The van der Waals surface area contributed by atoms with E-state index in [1.165, 1.54) is 31.4 Å². The van der Waals surface area contributed by atoms with Crippen molar-refractivity contribution in [2.75, 3.05) is 6.54 Å². The van der Waals surface area contributed by atoms with Gasteiger partial charge in [-0.3, -0.25) is 5.41 Å². The third-order valence-electron chi connectivity index (χ3n) is 4.14. The van der Waals surface area contributed by atoms with E-state index in [-0.39, 0.29) is 5.82 Å². The molecule has 1 aliphatic carbocycles. The Bertz CT molecular complexity index is 477. The fourth-order valence-electron chi connectivity index (χ4n) is 2.90. The Morgan fingerprint density at radius 1 is 1.41 bits per heavy atom. The monoisotopic (exact) mass is 232 g/mol. The summed E-state index contributed by atoms with van der Waals surface area (Å²) >= 11 is 0. The van der Waals surface area contributed by atoms with E-state index in [9.17, 15) is 4.39 Å². The fraction of sp³-hybridized carbons (Fsp3) is 0.500. The first kappa shape index (κ1) is 10.8. The lowest BCUT2D eigenvalue weighted by atomic mass is 9.70. The molecule has 1 aliphatic heterocycles. The predicted molar refractivity (Wildman–Crippen MR) is 65.6 cm³/mol. The van der Waals surface area contributed by atoms with E-state index in [2.05, 4.69) is 11.8 Å². The summed E-state index contributed by atoms with van der Waals surface area (Å²) in [6.45, 7) is 3.99. The van der Waals surface area contributed by atoms with Crippen LogP contribution in [0.2, 0.25) is 0 Å². The standard InChI is InChI=1S/C14H17FN2/c1-14(5-2-6-14)9-17-8-10-3-4-11(15)7-12(10)13(17)16/h3-4,7,16H,2,5-6,8-9H2,1H3. The Morgan fingerprint density at radius 3 is 2.82 bits per heavy atom. The van der Waals surface area contributed by atoms with Crippen molar-refractivity contribution in [2.24, 2.45) is 5.41 Å². The molecule has 2 aliphatic rings. The molecule has 17 heavy (non-hydrogen) atoms. The minimum atomic E-state index is -0.245. The summed E-state index contributed by atoms with van der Waals surface area (Å²) in [6, 6.07) is 4.78. The SMILES string of the molecule is CC1(CN2Cc3ccc(F)cc3C2=N)CCC1. The molecule has 0 unspecified atom stereocenters. The van der Waals surface area contributed by atoms with E-state index in [1.807, 2.05) is 6.07 Å². The van der Waals surface area contributed by atoms with Crippen LogP contribution in [0.1, 0.15) is 37.3 Å². The molecule has 1 aromatic carbocycles. The molecule has 0 aromatic heterocycles. The summed E-state index contributed by atoms with van der Waals surface area (Å²) in [5.41, 5.74) is 2.22. The van der Waals surface area contributed by atoms with Gasteiger partial charge in [-0.15, -0.1) is 0 Å². The van der Waals surface area contributed by atoms with Crippen molar-refractivity contribution in [3.63, 3.8) is 0 Å². The molecule has 3 heteroatoms. The molecule has 1 fully saturated rings. The number of benzene rings is 1. The first-order valence-corrected chi connectivity index (χ1v) is 6.20. The first-order valence-electron chi connectivity index (χ1n) is 6.20. The zero-order chi connectivity index (χ0) is 12.0. The van der Waals surface area contributed by atoms with Gasteiger partial charge in [0.15, 0.2) is 0 Å². The number of hydrogen-bond acceptors (Lipinski definition) is 1. The van der Waals surface area contributed by atoms with Crippen molar-refractivity contribution in [1.29, 1.82) is 5.41 Å². The van der Waals surface area contributed by atoms with Crippen molar-refractivity contribution in [3.05, 3.63) is 35.1 Å². The Balaban J connectivity index is 1.81. The van der Waals surface area contributed by atoms with Gasteiger partial charge in [0.2, 0.25) is 0 Å². The Labute approximate surface area is 101 Å². The van der Waals surface area contributed by atoms with Crippen LogP contribution in [0.3, 0.4) is 0 Å². The molecule has 0 spiro atoms. The molecular formula is C14H17FN2. The van der Waals surface area contributed by atoms with Gasteiger partial charge in [0.05, 0.1) is 0 Å². The van der Waals surface area contributed by atoms with E-state index in [0.29, 0.717) is 11.3 Å². The molecule has 3 rings (SSSR count). The van der Waals surface area contributed by atoms with Crippen LogP contribution in [-0.4, -0.2) is 17.3 Å². The van der Waals surface area contributed by atoms with Crippen LogP contribution < -0.4 is 0 Å². The van der Waals surface area contributed by atoms with E-state index in [1.54, 1.807) is 0 Å². The van der Waals surface area contributed by atoms with Crippen LogP contribution in [0.25, 0.3) is 0 Å². The Kier molecular flexibility index (Phi) is 2.25. The molecule has 1 saturated carbocycles. The molecule has 2 nitrogen and oxygen atoms in total. The van der Waals surface area contributed by atoms with Crippen LogP contribution in [0.15, 0.2) is 18.2 Å². The van der Waals surface area contributed by atoms with Crippen molar-refractivity contribution in [1.82, 2.24) is 4.90 Å². The zero-order valence-electron chi connectivity index (χ0n) is 10.1. The maximum Gasteiger partial charge on any atom is 0.128 e. The summed E-state index contributed by atoms with van der Waals surface area (Å²) in [4.78, 5) is 2.09. The number of halogens is 1. The maximum atomic E-state index is 13.2. The third kappa shape index (κ3) is 1.74. The normalized spacial score (nSPS) is 21.3.